The number of aromatic nitrogens is 3. The molecular formula is C12H14N4. The van der Waals surface area contributed by atoms with Gasteiger partial charge in [-0.05, 0) is 17.5 Å². The molecule has 1 aromatic heterocycles. The highest BCUT2D eigenvalue weighted by molar-refractivity contribution is 5.25. The zero-order valence-corrected chi connectivity index (χ0v) is 8.95. The van der Waals surface area contributed by atoms with Gasteiger partial charge in [0, 0.05) is 0 Å². The Morgan fingerprint density at radius 2 is 2.12 bits per heavy atom. The smallest absolute Gasteiger partial charge is 0.137 e. The maximum absolute atomic E-state index is 6.03. The minimum Gasteiger partial charge on any atom is -0.306 e. The first-order chi connectivity index (χ1) is 7.81. The first-order valence-corrected chi connectivity index (χ1v) is 5.10. The molecule has 4 heteroatoms. The molecule has 1 atom stereocenters. The molecule has 0 amide bonds. The van der Waals surface area contributed by atoms with Gasteiger partial charge in [-0.15, -0.1) is 6.58 Å². The van der Waals surface area contributed by atoms with Crippen molar-refractivity contribution in [3.8, 4) is 0 Å². The van der Waals surface area contributed by atoms with E-state index in [0.29, 0.717) is 0 Å². The highest BCUT2D eigenvalue weighted by atomic mass is 15.4. The van der Waals surface area contributed by atoms with E-state index in [1.807, 2.05) is 30.3 Å². The summed E-state index contributed by atoms with van der Waals surface area (Å²) in [4.78, 5) is 3.87. The van der Waals surface area contributed by atoms with Crippen molar-refractivity contribution >= 4 is 0 Å². The molecule has 0 radical (unpaired) electrons. The lowest BCUT2D eigenvalue weighted by molar-refractivity contribution is 0.540. The van der Waals surface area contributed by atoms with Gasteiger partial charge in [-0.25, -0.2) is 9.67 Å². The number of allylic oxidation sites excluding steroid dienone is 1. The van der Waals surface area contributed by atoms with Gasteiger partial charge in [0.25, 0.3) is 0 Å². The SMILES string of the molecule is C=CCc1ccc(C(N)n2cncn2)cc1. The summed E-state index contributed by atoms with van der Waals surface area (Å²) in [6.07, 6.45) is 5.57. The number of nitrogens with two attached hydrogens (primary N) is 1. The van der Waals surface area contributed by atoms with Crippen molar-refractivity contribution in [2.24, 2.45) is 5.73 Å². The van der Waals surface area contributed by atoms with Gasteiger partial charge in [0.2, 0.25) is 0 Å². The largest absolute Gasteiger partial charge is 0.306 e. The molecular weight excluding hydrogens is 200 g/mol. The maximum atomic E-state index is 6.03. The molecule has 1 aromatic carbocycles. The number of hydrogen-bond donors (Lipinski definition) is 1. The molecule has 1 heterocycles. The standard InChI is InChI=1S/C12H14N4/c1-2-3-10-4-6-11(7-5-10)12(13)16-9-14-8-15-16/h2,4-9,12H,1,3,13H2. The van der Waals surface area contributed by atoms with Gasteiger partial charge in [-0.2, -0.15) is 5.10 Å². The molecule has 2 aromatic rings. The molecule has 0 aliphatic heterocycles. The van der Waals surface area contributed by atoms with Crippen molar-refractivity contribution in [1.82, 2.24) is 14.8 Å². The number of benzene rings is 1. The highest BCUT2D eigenvalue weighted by Crippen LogP contribution is 2.13. The Bertz CT molecular complexity index is 444. The van der Waals surface area contributed by atoms with Crippen LogP contribution in [0, 0.1) is 0 Å². The average molecular weight is 214 g/mol. The molecule has 2 rings (SSSR count). The summed E-state index contributed by atoms with van der Waals surface area (Å²) >= 11 is 0. The minimum absolute atomic E-state index is 0.278. The fraction of sp³-hybridized carbons (Fsp3) is 0.167. The first kappa shape index (κ1) is 10.6. The normalized spacial score (nSPS) is 12.3. The third-order valence-electron chi connectivity index (χ3n) is 2.42. The maximum Gasteiger partial charge on any atom is 0.137 e. The Hall–Kier alpha value is -1.94. The Labute approximate surface area is 94.4 Å². The molecule has 16 heavy (non-hydrogen) atoms. The van der Waals surface area contributed by atoms with Crippen LogP contribution in [-0.2, 0) is 6.42 Å². The molecule has 1 unspecified atom stereocenters. The van der Waals surface area contributed by atoms with E-state index in [1.54, 1.807) is 11.0 Å². The third kappa shape index (κ3) is 2.17. The van der Waals surface area contributed by atoms with E-state index in [9.17, 15) is 0 Å². The Kier molecular flexibility index (Phi) is 3.12. The topological polar surface area (TPSA) is 56.7 Å². The monoisotopic (exact) mass is 214 g/mol. The average Bonchev–Trinajstić information content (AvgIpc) is 2.83. The summed E-state index contributed by atoms with van der Waals surface area (Å²) < 4.78 is 1.63. The van der Waals surface area contributed by atoms with Crippen molar-refractivity contribution in [2.75, 3.05) is 0 Å². The molecule has 0 fully saturated rings. The number of nitrogens with zero attached hydrogens (tertiary/aromatic N) is 3. The van der Waals surface area contributed by atoms with E-state index in [0.717, 1.165) is 12.0 Å². The summed E-state index contributed by atoms with van der Waals surface area (Å²) in [6, 6.07) is 8.11. The van der Waals surface area contributed by atoms with Crippen molar-refractivity contribution in [1.29, 1.82) is 0 Å². The quantitative estimate of drug-likeness (QED) is 0.785. The van der Waals surface area contributed by atoms with Crippen LogP contribution in [0.25, 0.3) is 0 Å². The Balaban J connectivity index is 2.18. The van der Waals surface area contributed by atoms with Crippen molar-refractivity contribution in [2.45, 2.75) is 12.6 Å². The van der Waals surface area contributed by atoms with Crippen LogP contribution in [0.5, 0.6) is 0 Å². The van der Waals surface area contributed by atoms with E-state index in [2.05, 4.69) is 16.7 Å². The van der Waals surface area contributed by atoms with Crippen molar-refractivity contribution < 1.29 is 0 Å². The van der Waals surface area contributed by atoms with Gasteiger partial charge < -0.3 is 5.73 Å². The van der Waals surface area contributed by atoms with Crippen LogP contribution < -0.4 is 5.73 Å². The molecule has 82 valence electrons. The molecule has 0 saturated carbocycles. The van der Waals surface area contributed by atoms with Gasteiger partial charge in [0.05, 0.1) is 0 Å². The highest BCUT2D eigenvalue weighted by Gasteiger charge is 2.07. The van der Waals surface area contributed by atoms with Gasteiger partial charge in [-0.3, -0.25) is 0 Å². The van der Waals surface area contributed by atoms with E-state index >= 15 is 0 Å². The Morgan fingerprint density at radius 3 is 2.69 bits per heavy atom. The van der Waals surface area contributed by atoms with Crippen LogP contribution in [-0.4, -0.2) is 14.8 Å². The van der Waals surface area contributed by atoms with Crippen LogP contribution in [0.2, 0.25) is 0 Å². The van der Waals surface area contributed by atoms with Gasteiger partial charge >= 0.3 is 0 Å². The summed E-state index contributed by atoms with van der Waals surface area (Å²) in [5.41, 5.74) is 8.26. The second-order valence-corrected chi connectivity index (χ2v) is 3.55. The lowest BCUT2D eigenvalue weighted by atomic mass is 10.1. The molecule has 4 nitrogen and oxygen atoms in total. The lowest BCUT2D eigenvalue weighted by Crippen LogP contribution is -2.20. The third-order valence-corrected chi connectivity index (χ3v) is 2.42. The zero-order valence-electron chi connectivity index (χ0n) is 8.95. The van der Waals surface area contributed by atoms with Gasteiger partial charge in [0.1, 0.15) is 18.8 Å². The van der Waals surface area contributed by atoms with Crippen LogP contribution in [0.1, 0.15) is 17.3 Å². The second-order valence-electron chi connectivity index (χ2n) is 3.55. The van der Waals surface area contributed by atoms with E-state index in [4.69, 9.17) is 5.73 Å². The second kappa shape index (κ2) is 4.72. The molecule has 0 aliphatic carbocycles. The molecule has 0 saturated heterocycles. The summed E-state index contributed by atoms with van der Waals surface area (Å²) in [5.74, 6) is 0. The molecule has 2 N–H and O–H groups in total. The van der Waals surface area contributed by atoms with Gasteiger partial charge in [-0.1, -0.05) is 30.3 Å². The summed E-state index contributed by atoms with van der Waals surface area (Å²) in [7, 11) is 0. The number of rotatable bonds is 4. The summed E-state index contributed by atoms with van der Waals surface area (Å²) in [5, 5.41) is 4.02. The zero-order chi connectivity index (χ0) is 11.4. The van der Waals surface area contributed by atoms with E-state index in [1.165, 1.54) is 11.9 Å². The van der Waals surface area contributed by atoms with Crippen molar-refractivity contribution in [3.05, 3.63) is 60.7 Å². The Morgan fingerprint density at radius 1 is 1.38 bits per heavy atom. The molecule has 0 bridgehead atoms. The number of hydrogen-bond acceptors (Lipinski definition) is 3. The fourth-order valence-corrected chi connectivity index (χ4v) is 1.53. The summed E-state index contributed by atoms with van der Waals surface area (Å²) in [6.45, 7) is 3.71. The molecule has 0 aliphatic rings. The van der Waals surface area contributed by atoms with Crippen LogP contribution in [0.4, 0.5) is 0 Å². The van der Waals surface area contributed by atoms with E-state index < -0.39 is 0 Å². The predicted molar refractivity (Wildman–Crippen MR) is 62.7 cm³/mol. The lowest BCUT2D eigenvalue weighted by Gasteiger charge is -2.12. The van der Waals surface area contributed by atoms with E-state index in [-0.39, 0.29) is 6.17 Å². The minimum atomic E-state index is -0.278. The van der Waals surface area contributed by atoms with Crippen LogP contribution in [0.3, 0.4) is 0 Å². The van der Waals surface area contributed by atoms with Crippen molar-refractivity contribution in [3.63, 3.8) is 0 Å². The van der Waals surface area contributed by atoms with Gasteiger partial charge in [0.15, 0.2) is 0 Å². The fourth-order valence-electron chi connectivity index (χ4n) is 1.53. The first-order valence-electron chi connectivity index (χ1n) is 5.10. The van der Waals surface area contributed by atoms with Crippen LogP contribution in [0.15, 0.2) is 49.6 Å². The molecule has 0 spiro atoms. The predicted octanol–water partition coefficient (Wildman–Crippen LogP) is 1.51. The van der Waals surface area contributed by atoms with Crippen LogP contribution >= 0.6 is 0 Å².